The van der Waals surface area contributed by atoms with Crippen molar-refractivity contribution in [1.82, 2.24) is 4.90 Å². The fourth-order valence-electron chi connectivity index (χ4n) is 4.02. The molecule has 0 radical (unpaired) electrons. The Morgan fingerprint density at radius 3 is 2.39 bits per heavy atom. The highest BCUT2D eigenvalue weighted by atomic mass is 16.5. The van der Waals surface area contributed by atoms with Crippen LogP contribution in [-0.2, 0) is 17.8 Å². The Bertz CT molecular complexity index is 965. The molecule has 2 aromatic carbocycles. The smallest absolute Gasteiger partial charge is 0.322 e. The van der Waals surface area contributed by atoms with Gasteiger partial charge in [-0.1, -0.05) is 42.5 Å². The molecule has 4 rings (SSSR count). The molecule has 0 bridgehead atoms. The summed E-state index contributed by atoms with van der Waals surface area (Å²) in [5, 5.41) is 3.13. The molecule has 31 heavy (non-hydrogen) atoms. The van der Waals surface area contributed by atoms with Crippen molar-refractivity contribution in [3.63, 3.8) is 0 Å². The number of ether oxygens (including phenoxy) is 1. The zero-order valence-corrected chi connectivity index (χ0v) is 18.0. The van der Waals surface area contributed by atoms with Crippen molar-refractivity contribution in [2.45, 2.75) is 39.1 Å². The number of morpholine rings is 1. The molecule has 0 aliphatic carbocycles. The quantitative estimate of drug-likeness (QED) is 0.602. The molecule has 2 heterocycles. The minimum Gasteiger partial charge on any atom is -0.467 e. The number of carbonyl (C=O) groups is 1. The molecule has 2 unspecified atom stereocenters. The molecule has 2 amide bonds. The molecule has 0 spiro atoms. The van der Waals surface area contributed by atoms with E-state index in [2.05, 4.69) is 30.1 Å². The van der Waals surface area contributed by atoms with Gasteiger partial charge in [-0.15, -0.1) is 0 Å². The molecule has 162 valence electrons. The van der Waals surface area contributed by atoms with Gasteiger partial charge in [-0.05, 0) is 43.7 Å². The third-order valence-corrected chi connectivity index (χ3v) is 5.34. The van der Waals surface area contributed by atoms with Crippen molar-refractivity contribution in [2.75, 3.05) is 23.3 Å². The minimum atomic E-state index is -0.165. The zero-order valence-electron chi connectivity index (χ0n) is 18.0. The first-order chi connectivity index (χ1) is 15.1. The average Bonchev–Trinajstić information content (AvgIpc) is 3.27. The average molecular weight is 420 g/mol. The lowest BCUT2D eigenvalue weighted by Crippen LogP contribution is -2.46. The SMILES string of the molecule is CC1CN(c2ccccc2NC(=O)N(Cc2ccccc2)Cc2ccco2)CC(C)O1. The van der Waals surface area contributed by atoms with Crippen LogP contribution in [0.25, 0.3) is 0 Å². The minimum absolute atomic E-state index is 0.140. The van der Waals surface area contributed by atoms with Crippen molar-refractivity contribution < 1.29 is 13.9 Å². The van der Waals surface area contributed by atoms with E-state index in [-0.39, 0.29) is 18.2 Å². The van der Waals surface area contributed by atoms with Gasteiger partial charge >= 0.3 is 6.03 Å². The number of para-hydroxylation sites is 2. The molecule has 1 aromatic heterocycles. The number of hydrogen-bond acceptors (Lipinski definition) is 4. The number of carbonyl (C=O) groups excluding carboxylic acids is 1. The van der Waals surface area contributed by atoms with Gasteiger partial charge in [-0.25, -0.2) is 4.79 Å². The first-order valence-corrected chi connectivity index (χ1v) is 10.7. The van der Waals surface area contributed by atoms with Crippen LogP contribution in [0.2, 0.25) is 0 Å². The number of rotatable bonds is 6. The number of amides is 2. The van der Waals surface area contributed by atoms with Gasteiger partial charge in [0.05, 0.1) is 36.4 Å². The monoisotopic (exact) mass is 419 g/mol. The summed E-state index contributed by atoms with van der Waals surface area (Å²) < 4.78 is 11.4. The molecule has 1 saturated heterocycles. The van der Waals surface area contributed by atoms with E-state index in [1.54, 1.807) is 11.2 Å². The summed E-state index contributed by atoms with van der Waals surface area (Å²) >= 11 is 0. The lowest BCUT2D eigenvalue weighted by Gasteiger charge is -2.37. The van der Waals surface area contributed by atoms with Crippen LogP contribution < -0.4 is 10.2 Å². The Labute approximate surface area is 183 Å². The standard InChI is InChI=1S/C25H29N3O3/c1-19-15-27(16-20(2)31-19)24-13-7-6-12-23(24)26-25(29)28(18-22-11-8-14-30-22)17-21-9-4-3-5-10-21/h3-14,19-20H,15-18H2,1-2H3,(H,26,29). The fraction of sp³-hybridized carbons (Fsp3) is 0.320. The van der Waals surface area contributed by atoms with E-state index in [4.69, 9.17) is 9.15 Å². The van der Waals surface area contributed by atoms with Gasteiger partial charge in [0.1, 0.15) is 5.76 Å². The summed E-state index contributed by atoms with van der Waals surface area (Å²) in [4.78, 5) is 17.4. The predicted octanol–water partition coefficient (Wildman–Crippen LogP) is 5.13. The van der Waals surface area contributed by atoms with E-state index >= 15 is 0 Å². The van der Waals surface area contributed by atoms with Gasteiger partial charge in [0.2, 0.25) is 0 Å². The predicted molar refractivity (Wildman–Crippen MR) is 122 cm³/mol. The summed E-state index contributed by atoms with van der Waals surface area (Å²) in [6, 6.07) is 21.5. The topological polar surface area (TPSA) is 58.0 Å². The van der Waals surface area contributed by atoms with E-state index < -0.39 is 0 Å². The van der Waals surface area contributed by atoms with Gasteiger partial charge in [0, 0.05) is 19.6 Å². The molecular weight excluding hydrogens is 390 g/mol. The van der Waals surface area contributed by atoms with Gasteiger partial charge in [-0.2, -0.15) is 0 Å². The number of hydrogen-bond donors (Lipinski definition) is 1. The van der Waals surface area contributed by atoms with Crippen LogP contribution in [0.5, 0.6) is 0 Å². The summed E-state index contributed by atoms with van der Waals surface area (Å²) in [5.74, 6) is 0.746. The van der Waals surface area contributed by atoms with Gasteiger partial charge in [0.25, 0.3) is 0 Å². The summed E-state index contributed by atoms with van der Waals surface area (Å²) in [5.41, 5.74) is 2.87. The molecule has 1 fully saturated rings. The van der Waals surface area contributed by atoms with Crippen LogP contribution in [0.1, 0.15) is 25.2 Å². The Kier molecular flexibility index (Phi) is 6.57. The van der Waals surface area contributed by atoms with Crippen molar-refractivity contribution in [3.8, 4) is 0 Å². The highest BCUT2D eigenvalue weighted by Gasteiger charge is 2.25. The molecule has 1 aliphatic heterocycles. The highest BCUT2D eigenvalue weighted by Crippen LogP contribution is 2.29. The number of benzene rings is 2. The van der Waals surface area contributed by atoms with E-state index in [0.717, 1.165) is 35.8 Å². The second kappa shape index (κ2) is 9.71. The van der Waals surface area contributed by atoms with Crippen molar-refractivity contribution in [2.24, 2.45) is 0 Å². The molecular formula is C25H29N3O3. The molecule has 6 heteroatoms. The molecule has 6 nitrogen and oxygen atoms in total. The van der Waals surface area contributed by atoms with E-state index in [1.165, 1.54) is 0 Å². The van der Waals surface area contributed by atoms with Gasteiger partial charge < -0.3 is 24.3 Å². The van der Waals surface area contributed by atoms with Crippen molar-refractivity contribution in [1.29, 1.82) is 0 Å². The highest BCUT2D eigenvalue weighted by molar-refractivity contribution is 5.93. The van der Waals surface area contributed by atoms with Crippen molar-refractivity contribution >= 4 is 17.4 Å². The number of furan rings is 1. The molecule has 1 N–H and O–H groups in total. The van der Waals surface area contributed by atoms with Crippen LogP contribution in [0.15, 0.2) is 77.4 Å². The second-order valence-electron chi connectivity index (χ2n) is 8.03. The number of nitrogens with one attached hydrogen (secondary N) is 1. The summed E-state index contributed by atoms with van der Waals surface area (Å²) in [7, 11) is 0. The molecule has 3 aromatic rings. The first-order valence-electron chi connectivity index (χ1n) is 10.7. The Morgan fingerprint density at radius 1 is 0.968 bits per heavy atom. The van der Waals surface area contributed by atoms with Gasteiger partial charge in [-0.3, -0.25) is 0 Å². The van der Waals surface area contributed by atoms with E-state index in [9.17, 15) is 4.79 Å². The van der Waals surface area contributed by atoms with E-state index in [0.29, 0.717) is 13.1 Å². The molecule has 1 aliphatic rings. The van der Waals surface area contributed by atoms with Crippen LogP contribution in [0.4, 0.5) is 16.2 Å². The second-order valence-corrected chi connectivity index (χ2v) is 8.03. The maximum Gasteiger partial charge on any atom is 0.322 e. The zero-order chi connectivity index (χ0) is 21.6. The third kappa shape index (κ3) is 5.47. The lowest BCUT2D eigenvalue weighted by atomic mass is 10.1. The first kappa shape index (κ1) is 21.0. The number of nitrogens with zero attached hydrogens (tertiary/aromatic N) is 2. The molecule has 2 atom stereocenters. The normalized spacial score (nSPS) is 18.6. The lowest BCUT2D eigenvalue weighted by molar-refractivity contribution is -0.00517. The Balaban J connectivity index is 1.54. The Hall–Kier alpha value is -3.25. The molecule has 0 saturated carbocycles. The van der Waals surface area contributed by atoms with E-state index in [1.807, 2.05) is 60.7 Å². The maximum absolute atomic E-state index is 13.3. The Morgan fingerprint density at radius 2 is 1.68 bits per heavy atom. The van der Waals surface area contributed by atoms with Gasteiger partial charge in [0.15, 0.2) is 0 Å². The van der Waals surface area contributed by atoms with Crippen LogP contribution >= 0.6 is 0 Å². The third-order valence-electron chi connectivity index (χ3n) is 5.34. The fourth-order valence-corrected chi connectivity index (χ4v) is 4.02. The largest absolute Gasteiger partial charge is 0.467 e. The summed E-state index contributed by atoms with van der Waals surface area (Å²) in [6.07, 6.45) is 1.91. The maximum atomic E-state index is 13.3. The van der Waals surface area contributed by atoms with Crippen molar-refractivity contribution in [3.05, 3.63) is 84.3 Å². The summed E-state index contributed by atoms with van der Waals surface area (Å²) in [6.45, 7) is 6.61. The number of urea groups is 1. The van der Waals surface area contributed by atoms with Crippen LogP contribution in [0, 0.1) is 0 Å². The number of anilines is 2. The van der Waals surface area contributed by atoms with Crippen LogP contribution in [-0.4, -0.2) is 36.2 Å². The van der Waals surface area contributed by atoms with Crippen LogP contribution in [0.3, 0.4) is 0 Å².